The summed E-state index contributed by atoms with van der Waals surface area (Å²) in [6.07, 6.45) is -0.760. The molecule has 0 atom stereocenters. The molecule has 7 nitrogen and oxygen atoms in total. The Balaban J connectivity index is 1.54. The summed E-state index contributed by atoms with van der Waals surface area (Å²) in [6, 6.07) is 10.9. The Morgan fingerprint density at radius 3 is 2.55 bits per heavy atom. The normalized spacial score (nSPS) is 11.1. The number of nitrogens with zero attached hydrogens (tertiary/aromatic N) is 1. The second-order valence-electron chi connectivity index (χ2n) is 8.02. The minimum atomic E-state index is -0.791. The van der Waals surface area contributed by atoms with Gasteiger partial charge in [0.05, 0.1) is 17.8 Å². The van der Waals surface area contributed by atoms with Gasteiger partial charge in [-0.1, -0.05) is 11.6 Å². The molecule has 3 rings (SSSR count). The lowest BCUT2D eigenvalue weighted by atomic mass is 10.2. The number of ether oxygens (including phenoxy) is 2. The van der Waals surface area contributed by atoms with Crippen molar-refractivity contribution in [1.29, 1.82) is 0 Å². The van der Waals surface area contributed by atoms with Gasteiger partial charge in [-0.2, -0.15) is 0 Å². The molecule has 0 aliphatic heterocycles. The largest absolute Gasteiger partial charge is 0.486 e. The van der Waals surface area contributed by atoms with E-state index in [1.165, 1.54) is 23.5 Å². The van der Waals surface area contributed by atoms with Gasteiger partial charge in [0.25, 0.3) is 0 Å². The first kappa shape index (κ1) is 24.5. The van der Waals surface area contributed by atoms with Crippen molar-refractivity contribution in [2.45, 2.75) is 39.4 Å². The molecule has 10 heteroatoms. The summed E-state index contributed by atoms with van der Waals surface area (Å²) in [6.45, 7) is 5.37. The molecule has 0 radical (unpaired) electrons. The second kappa shape index (κ2) is 10.6. The fourth-order valence-corrected chi connectivity index (χ4v) is 3.49. The highest BCUT2D eigenvalue weighted by Crippen LogP contribution is 2.22. The number of thiazole rings is 1. The second-order valence-corrected chi connectivity index (χ2v) is 9.40. The molecule has 2 aromatic carbocycles. The Bertz CT molecular complexity index is 1130. The topological polar surface area (TPSA) is 89.6 Å². The van der Waals surface area contributed by atoms with Crippen molar-refractivity contribution in [3.63, 3.8) is 0 Å². The summed E-state index contributed by atoms with van der Waals surface area (Å²) in [4.78, 5) is 28.7. The number of rotatable bonds is 7. The molecule has 0 aliphatic rings. The van der Waals surface area contributed by atoms with Crippen LogP contribution in [0.3, 0.4) is 0 Å². The zero-order chi connectivity index (χ0) is 24.0. The molecule has 3 aromatic rings. The molecular formula is C23H23ClFN3O4S. The number of carbonyl (C=O) groups is 2. The van der Waals surface area contributed by atoms with Gasteiger partial charge in [0.15, 0.2) is 0 Å². The van der Waals surface area contributed by atoms with E-state index in [4.69, 9.17) is 21.1 Å². The number of hydrogen-bond acceptors (Lipinski definition) is 6. The zero-order valence-corrected chi connectivity index (χ0v) is 19.8. The van der Waals surface area contributed by atoms with Crippen LogP contribution in [0.25, 0.3) is 0 Å². The van der Waals surface area contributed by atoms with Gasteiger partial charge in [0.2, 0.25) is 5.91 Å². The van der Waals surface area contributed by atoms with Crippen LogP contribution in [0, 0.1) is 5.82 Å². The predicted octanol–water partition coefficient (Wildman–Crippen LogP) is 6.04. The van der Waals surface area contributed by atoms with Crippen molar-refractivity contribution >= 4 is 46.3 Å². The molecule has 0 spiro atoms. The third kappa shape index (κ3) is 8.03. The number of nitrogens with one attached hydrogen (secondary N) is 2. The van der Waals surface area contributed by atoms with E-state index in [1.54, 1.807) is 50.4 Å². The molecule has 174 valence electrons. The molecule has 0 bridgehead atoms. The third-order valence-corrected chi connectivity index (χ3v) is 5.13. The van der Waals surface area contributed by atoms with Crippen LogP contribution < -0.4 is 15.4 Å². The highest BCUT2D eigenvalue weighted by Gasteiger charge is 2.18. The van der Waals surface area contributed by atoms with Gasteiger partial charge in [-0.15, -0.1) is 11.3 Å². The van der Waals surface area contributed by atoms with Gasteiger partial charge in [-0.3, -0.25) is 10.1 Å². The van der Waals surface area contributed by atoms with Crippen LogP contribution in [-0.4, -0.2) is 22.6 Å². The maximum Gasteiger partial charge on any atom is 0.412 e. The molecule has 2 N–H and O–H groups in total. The van der Waals surface area contributed by atoms with Crippen LogP contribution in [0.4, 0.5) is 20.6 Å². The van der Waals surface area contributed by atoms with Gasteiger partial charge in [0.1, 0.15) is 28.8 Å². The van der Waals surface area contributed by atoms with Crippen LogP contribution >= 0.6 is 22.9 Å². The fourth-order valence-electron chi connectivity index (χ4n) is 2.65. The van der Waals surface area contributed by atoms with Gasteiger partial charge in [-0.05, 0) is 63.2 Å². The Kier molecular flexibility index (Phi) is 7.88. The van der Waals surface area contributed by atoms with Gasteiger partial charge in [-0.25, -0.2) is 14.2 Å². The Labute approximate surface area is 199 Å². The maximum atomic E-state index is 14.1. The lowest BCUT2D eigenvalue weighted by molar-refractivity contribution is -0.115. The Morgan fingerprint density at radius 1 is 1.12 bits per heavy atom. The average molecular weight is 492 g/mol. The summed E-state index contributed by atoms with van der Waals surface area (Å²) < 4.78 is 24.8. The summed E-state index contributed by atoms with van der Waals surface area (Å²) >= 11 is 7.24. The van der Waals surface area contributed by atoms with Gasteiger partial charge < -0.3 is 14.8 Å². The monoisotopic (exact) mass is 491 g/mol. The maximum absolute atomic E-state index is 14.1. The number of anilines is 2. The molecule has 1 heterocycles. The highest BCUT2D eigenvalue weighted by molar-refractivity contribution is 7.09. The van der Waals surface area contributed by atoms with Crippen molar-refractivity contribution in [2.75, 3.05) is 10.6 Å². The van der Waals surface area contributed by atoms with E-state index in [9.17, 15) is 14.0 Å². The number of amides is 2. The molecule has 0 aliphatic carbocycles. The van der Waals surface area contributed by atoms with E-state index in [1.807, 2.05) is 0 Å². The van der Waals surface area contributed by atoms with E-state index in [-0.39, 0.29) is 24.6 Å². The molecule has 0 fully saturated rings. The summed E-state index contributed by atoms with van der Waals surface area (Å²) in [5.41, 5.74) is 0.0891. The lowest BCUT2D eigenvalue weighted by Gasteiger charge is -2.20. The van der Waals surface area contributed by atoms with Crippen LogP contribution in [-0.2, 0) is 22.6 Å². The summed E-state index contributed by atoms with van der Waals surface area (Å²) in [7, 11) is 0. The molecular weight excluding hydrogens is 469 g/mol. The van der Waals surface area contributed by atoms with Crippen molar-refractivity contribution in [2.24, 2.45) is 0 Å². The third-order valence-electron chi connectivity index (χ3n) is 4.00. The van der Waals surface area contributed by atoms with Crippen molar-refractivity contribution in [3.05, 3.63) is 69.4 Å². The van der Waals surface area contributed by atoms with Crippen LogP contribution in [0.2, 0.25) is 5.02 Å². The lowest BCUT2D eigenvalue weighted by Crippen LogP contribution is -2.27. The quantitative estimate of drug-likeness (QED) is 0.420. The first-order valence-corrected chi connectivity index (χ1v) is 11.2. The van der Waals surface area contributed by atoms with E-state index in [0.29, 0.717) is 22.2 Å². The van der Waals surface area contributed by atoms with E-state index in [0.717, 1.165) is 11.1 Å². The van der Waals surface area contributed by atoms with Crippen LogP contribution in [0.5, 0.6) is 5.75 Å². The number of carbonyl (C=O) groups excluding carboxylic acids is 2. The smallest absolute Gasteiger partial charge is 0.412 e. The Hall–Kier alpha value is -3.17. The minimum Gasteiger partial charge on any atom is -0.486 e. The van der Waals surface area contributed by atoms with Gasteiger partial charge in [0, 0.05) is 16.1 Å². The van der Waals surface area contributed by atoms with E-state index in [2.05, 4.69) is 15.6 Å². The van der Waals surface area contributed by atoms with Crippen LogP contribution in [0.15, 0.2) is 47.8 Å². The van der Waals surface area contributed by atoms with Crippen molar-refractivity contribution in [3.8, 4) is 5.75 Å². The molecule has 0 saturated carbocycles. The zero-order valence-electron chi connectivity index (χ0n) is 18.3. The van der Waals surface area contributed by atoms with Crippen molar-refractivity contribution in [1.82, 2.24) is 4.98 Å². The Morgan fingerprint density at radius 2 is 1.85 bits per heavy atom. The van der Waals surface area contributed by atoms with E-state index < -0.39 is 17.5 Å². The SMILES string of the molecule is CC(C)(C)OC(=O)Nc1cc(NC(=O)Cc2csc(COc3ccc(Cl)cc3)n2)ccc1F. The number of benzene rings is 2. The fraction of sp³-hybridized carbons (Fsp3) is 0.261. The molecule has 2 amide bonds. The first-order valence-electron chi connectivity index (χ1n) is 9.98. The number of aromatic nitrogens is 1. The first-order chi connectivity index (χ1) is 15.6. The predicted molar refractivity (Wildman–Crippen MR) is 126 cm³/mol. The van der Waals surface area contributed by atoms with Crippen molar-refractivity contribution < 1.29 is 23.5 Å². The van der Waals surface area contributed by atoms with Gasteiger partial charge >= 0.3 is 6.09 Å². The molecule has 0 unspecified atom stereocenters. The highest BCUT2D eigenvalue weighted by atomic mass is 35.5. The standard InChI is InChI=1S/C23H23ClFN3O4S/c1-23(2,3)32-22(30)28-19-10-15(6-9-18(19)25)26-20(29)11-16-13-33-21(27-16)12-31-17-7-4-14(24)5-8-17/h4-10,13H,11-12H2,1-3H3,(H,26,29)(H,28,30). The van der Waals surface area contributed by atoms with E-state index >= 15 is 0 Å². The minimum absolute atomic E-state index is 0.0314. The molecule has 1 aromatic heterocycles. The summed E-state index contributed by atoms with van der Waals surface area (Å²) in [5, 5.41) is 8.14. The number of hydrogen-bond donors (Lipinski definition) is 2. The average Bonchev–Trinajstić information content (AvgIpc) is 3.16. The van der Waals surface area contributed by atoms with Crippen LogP contribution in [0.1, 0.15) is 31.5 Å². The summed E-state index contributed by atoms with van der Waals surface area (Å²) in [5.74, 6) is -0.315. The molecule has 0 saturated heterocycles. The molecule has 33 heavy (non-hydrogen) atoms. The number of halogens is 2.